The maximum atomic E-state index is 11.9. The number of esters is 1. The van der Waals surface area contributed by atoms with Crippen LogP contribution in [0.2, 0.25) is 0 Å². The monoisotopic (exact) mass is 283 g/mol. The van der Waals surface area contributed by atoms with Crippen LogP contribution >= 0.6 is 0 Å². The van der Waals surface area contributed by atoms with Crippen molar-refractivity contribution in [3.05, 3.63) is 11.6 Å². The van der Waals surface area contributed by atoms with Gasteiger partial charge in [-0.05, 0) is 33.8 Å². The minimum Gasteiger partial charge on any atom is -0.462 e. The number of rotatable bonds is 2. The molecule has 0 fully saturated rings. The molecule has 112 valence electrons. The topological polar surface area (TPSA) is 72.9 Å². The van der Waals surface area contributed by atoms with Gasteiger partial charge in [-0.1, -0.05) is 0 Å². The molecule has 0 atom stereocenters. The van der Waals surface area contributed by atoms with Crippen LogP contribution in [0.25, 0.3) is 0 Å². The average Bonchev–Trinajstić information content (AvgIpc) is 2.49. The van der Waals surface area contributed by atoms with E-state index in [-0.39, 0.29) is 37.5 Å². The second-order valence-corrected chi connectivity index (χ2v) is 5.44. The number of hydrogen-bond donors (Lipinski definition) is 0. The van der Waals surface area contributed by atoms with Gasteiger partial charge in [-0.15, -0.1) is 0 Å². The first-order valence-corrected chi connectivity index (χ1v) is 6.63. The van der Waals surface area contributed by atoms with Crippen LogP contribution in [-0.2, 0) is 19.1 Å². The molecule has 0 aliphatic carbocycles. The van der Waals surface area contributed by atoms with Gasteiger partial charge in [-0.25, -0.2) is 9.59 Å². The number of Topliss-reactive ketones (excluding diaryl/α,β-unsaturated/α-hetero) is 1. The standard InChI is InChI=1S/C14H21NO5/c1-5-19-12(17)10-6-8-15(9-7-11(10)16)13(18)20-14(2,3)4/h6H,5,7-9H2,1-4H3. The summed E-state index contributed by atoms with van der Waals surface area (Å²) >= 11 is 0. The lowest BCUT2D eigenvalue weighted by atomic mass is 10.1. The van der Waals surface area contributed by atoms with Crippen molar-refractivity contribution in [2.45, 2.75) is 39.7 Å². The molecule has 0 bridgehead atoms. The van der Waals surface area contributed by atoms with Crippen molar-refractivity contribution in [1.29, 1.82) is 0 Å². The molecule has 0 spiro atoms. The van der Waals surface area contributed by atoms with Gasteiger partial charge in [0.1, 0.15) is 11.2 Å². The molecule has 0 saturated heterocycles. The fourth-order valence-corrected chi connectivity index (χ4v) is 1.68. The van der Waals surface area contributed by atoms with Crippen molar-refractivity contribution in [2.24, 2.45) is 0 Å². The number of hydrogen-bond acceptors (Lipinski definition) is 5. The van der Waals surface area contributed by atoms with Crippen LogP contribution in [0.3, 0.4) is 0 Å². The van der Waals surface area contributed by atoms with Gasteiger partial charge in [0.25, 0.3) is 0 Å². The van der Waals surface area contributed by atoms with Crippen LogP contribution in [0, 0.1) is 0 Å². The summed E-state index contributed by atoms with van der Waals surface area (Å²) in [7, 11) is 0. The lowest BCUT2D eigenvalue weighted by molar-refractivity contribution is -0.140. The van der Waals surface area contributed by atoms with Crippen LogP contribution < -0.4 is 0 Å². The molecule has 0 aromatic carbocycles. The number of carbonyl (C=O) groups is 3. The second kappa shape index (κ2) is 6.54. The maximum absolute atomic E-state index is 11.9. The van der Waals surface area contributed by atoms with Crippen LogP contribution in [0.15, 0.2) is 11.6 Å². The first-order valence-electron chi connectivity index (χ1n) is 6.63. The van der Waals surface area contributed by atoms with Gasteiger partial charge < -0.3 is 14.4 Å². The molecule has 0 aromatic rings. The third-order valence-corrected chi connectivity index (χ3v) is 2.57. The van der Waals surface area contributed by atoms with Crippen LogP contribution in [-0.4, -0.2) is 48.0 Å². The molecular weight excluding hydrogens is 262 g/mol. The summed E-state index contributed by atoms with van der Waals surface area (Å²) in [6.07, 6.45) is 1.02. The highest BCUT2D eigenvalue weighted by molar-refractivity contribution is 6.17. The molecule has 0 aromatic heterocycles. The van der Waals surface area contributed by atoms with Crippen molar-refractivity contribution in [2.75, 3.05) is 19.7 Å². The summed E-state index contributed by atoms with van der Waals surface area (Å²) in [6.45, 7) is 7.59. The van der Waals surface area contributed by atoms with E-state index in [1.807, 2.05) is 0 Å². The van der Waals surface area contributed by atoms with E-state index < -0.39 is 17.7 Å². The van der Waals surface area contributed by atoms with E-state index in [4.69, 9.17) is 9.47 Å². The molecule has 1 aliphatic heterocycles. The number of nitrogens with zero attached hydrogens (tertiary/aromatic N) is 1. The van der Waals surface area contributed by atoms with Crippen molar-refractivity contribution in [3.63, 3.8) is 0 Å². The van der Waals surface area contributed by atoms with E-state index in [1.54, 1.807) is 27.7 Å². The fourth-order valence-electron chi connectivity index (χ4n) is 1.68. The molecule has 0 unspecified atom stereocenters. The van der Waals surface area contributed by atoms with E-state index in [0.29, 0.717) is 0 Å². The highest BCUT2D eigenvalue weighted by Gasteiger charge is 2.27. The van der Waals surface area contributed by atoms with Gasteiger partial charge in [0.2, 0.25) is 0 Å². The van der Waals surface area contributed by atoms with Gasteiger partial charge >= 0.3 is 12.1 Å². The van der Waals surface area contributed by atoms with E-state index in [1.165, 1.54) is 11.0 Å². The van der Waals surface area contributed by atoms with Gasteiger partial charge in [0.05, 0.1) is 6.61 Å². The first-order chi connectivity index (χ1) is 9.24. The zero-order valence-corrected chi connectivity index (χ0v) is 12.4. The van der Waals surface area contributed by atoms with E-state index in [9.17, 15) is 14.4 Å². The molecular formula is C14H21NO5. The van der Waals surface area contributed by atoms with Crippen LogP contribution in [0.4, 0.5) is 4.79 Å². The van der Waals surface area contributed by atoms with Crippen molar-refractivity contribution in [1.82, 2.24) is 4.90 Å². The molecule has 6 heteroatoms. The van der Waals surface area contributed by atoms with E-state index in [0.717, 1.165) is 0 Å². The SMILES string of the molecule is CCOC(=O)C1=CCN(C(=O)OC(C)(C)C)CCC1=O. The Morgan fingerprint density at radius 1 is 1.35 bits per heavy atom. The Morgan fingerprint density at radius 3 is 2.55 bits per heavy atom. The van der Waals surface area contributed by atoms with E-state index >= 15 is 0 Å². The average molecular weight is 283 g/mol. The van der Waals surface area contributed by atoms with E-state index in [2.05, 4.69) is 0 Å². The molecule has 0 radical (unpaired) electrons. The van der Waals surface area contributed by atoms with Crippen molar-refractivity contribution < 1.29 is 23.9 Å². The van der Waals surface area contributed by atoms with Crippen molar-refractivity contribution in [3.8, 4) is 0 Å². The highest BCUT2D eigenvalue weighted by atomic mass is 16.6. The number of carbonyl (C=O) groups excluding carboxylic acids is 3. The third kappa shape index (κ3) is 4.68. The Kier molecular flexibility index (Phi) is 5.30. The zero-order chi connectivity index (χ0) is 15.3. The number of ether oxygens (including phenoxy) is 2. The summed E-state index contributed by atoms with van der Waals surface area (Å²) in [5.74, 6) is -0.946. The number of amides is 1. The second-order valence-electron chi connectivity index (χ2n) is 5.44. The fraction of sp³-hybridized carbons (Fsp3) is 0.643. The Labute approximate surface area is 118 Å². The largest absolute Gasteiger partial charge is 0.462 e. The van der Waals surface area contributed by atoms with Crippen LogP contribution in [0.5, 0.6) is 0 Å². The number of ketones is 1. The molecule has 1 aliphatic rings. The summed E-state index contributed by atoms with van der Waals surface area (Å²) in [6, 6.07) is 0. The summed E-state index contributed by atoms with van der Waals surface area (Å²) in [5.41, 5.74) is -0.584. The summed E-state index contributed by atoms with van der Waals surface area (Å²) in [5, 5.41) is 0. The molecule has 20 heavy (non-hydrogen) atoms. The molecule has 1 heterocycles. The molecule has 1 amide bonds. The predicted octanol–water partition coefficient (Wildman–Crippen LogP) is 1.69. The third-order valence-electron chi connectivity index (χ3n) is 2.57. The minimum atomic E-state index is -0.636. The van der Waals surface area contributed by atoms with Crippen molar-refractivity contribution >= 4 is 17.8 Å². The Hall–Kier alpha value is -1.85. The summed E-state index contributed by atoms with van der Waals surface area (Å²) in [4.78, 5) is 36.8. The lowest BCUT2D eigenvalue weighted by Gasteiger charge is -2.25. The molecule has 6 nitrogen and oxygen atoms in total. The van der Waals surface area contributed by atoms with Gasteiger partial charge in [-0.2, -0.15) is 0 Å². The smallest absolute Gasteiger partial charge is 0.410 e. The highest BCUT2D eigenvalue weighted by Crippen LogP contribution is 2.14. The quantitative estimate of drug-likeness (QED) is 0.569. The molecule has 0 N–H and O–H groups in total. The summed E-state index contributed by atoms with van der Waals surface area (Å²) < 4.78 is 10.1. The first kappa shape index (κ1) is 16.2. The molecule has 0 saturated carbocycles. The van der Waals surface area contributed by atoms with Gasteiger partial charge in [-0.3, -0.25) is 4.79 Å². The Bertz CT molecular complexity index is 433. The lowest BCUT2D eigenvalue weighted by Crippen LogP contribution is -2.37. The maximum Gasteiger partial charge on any atom is 0.410 e. The predicted molar refractivity (Wildman–Crippen MR) is 72.1 cm³/mol. The van der Waals surface area contributed by atoms with Gasteiger partial charge in [0, 0.05) is 19.5 Å². The minimum absolute atomic E-state index is 0.0120. The van der Waals surface area contributed by atoms with Crippen LogP contribution in [0.1, 0.15) is 34.1 Å². The normalized spacial score (nSPS) is 16.3. The zero-order valence-electron chi connectivity index (χ0n) is 12.4. The Morgan fingerprint density at radius 2 is 2.00 bits per heavy atom. The molecule has 1 rings (SSSR count). The van der Waals surface area contributed by atoms with Gasteiger partial charge in [0.15, 0.2) is 5.78 Å². The Balaban J connectivity index is 2.76.